The molecule has 0 heterocycles. The van der Waals surface area contributed by atoms with Crippen LogP contribution in [0.1, 0.15) is 90.4 Å². The molecule has 29 heavy (non-hydrogen) atoms. The van der Waals surface area contributed by atoms with E-state index in [1.807, 2.05) is 0 Å². The van der Waals surface area contributed by atoms with E-state index in [0.29, 0.717) is 6.42 Å². The molecule has 0 aliphatic heterocycles. The van der Waals surface area contributed by atoms with Gasteiger partial charge >= 0.3 is 5.97 Å². The van der Waals surface area contributed by atoms with Crippen LogP contribution in [0.4, 0.5) is 0 Å². The molecule has 0 aromatic rings. The van der Waals surface area contributed by atoms with Crippen molar-refractivity contribution in [2.24, 2.45) is 5.41 Å². The van der Waals surface area contributed by atoms with Gasteiger partial charge in [0, 0.05) is 6.42 Å². The third-order valence-electron chi connectivity index (χ3n) is 5.26. The van der Waals surface area contributed by atoms with Crippen LogP contribution in [0.15, 0.2) is 12.2 Å². The summed E-state index contributed by atoms with van der Waals surface area (Å²) >= 11 is 0. The lowest BCUT2D eigenvalue weighted by Crippen LogP contribution is -2.39. The van der Waals surface area contributed by atoms with E-state index >= 15 is 0 Å². The van der Waals surface area contributed by atoms with Gasteiger partial charge in [0.15, 0.2) is 0 Å². The molecule has 1 atom stereocenters. The number of rotatable bonds is 20. The normalized spacial score (nSPS) is 13.1. The molecular formula is C23H44O6. The average Bonchev–Trinajstić information content (AvgIpc) is 2.74. The van der Waals surface area contributed by atoms with Crippen molar-refractivity contribution in [1.82, 2.24) is 0 Å². The zero-order valence-electron chi connectivity index (χ0n) is 18.4. The third kappa shape index (κ3) is 15.5. The maximum Gasteiger partial charge on any atom is 0.305 e. The van der Waals surface area contributed by atoms with E-state index in [1.54, 1.807) is 0 Å². The molecule has 0 radical (unpaired) electrons. The molecule has 172 valence electrons. The van der Waals surface area contributed by atoms with Crippen molar-refractivity contribution in [3.63, 3.8) is 0 Å². The van der Waals surface area contributed by atoms with Gasteiger partial charge < -0.3 is 25.2 Å². The van der Waals surface area contributed by atoms with Crippen molar-refractivity contribution < 1.29 is 30.0 Å². The van der Waals surface area contributed by atoms with E-state index < -0.39 is 25.2 Å². The molecule has 0 aliphatic carbocycles. The van der Waals surface area contributed by atoms with Gasteiger partial charge in [0.2, 0.25) is 0 Å². The molecule has 0 saturated carbocycles. The molecular weight excluding hydrogens is 372 g/mol. The van der Waals surface area contributed by atoms with E-state index in [2.05, 4.69) is 19.1 Å². The molecule has 0 rings (SSSR count). The van der Waals surface area contributed by atoms with Crippen molar-refractivity contribution in [3.05, 3.63) is 12.2 Å². The minimum atomic E-state index is -1.16. The zero-order valence-corrected chi connectivity index (χ0v) is 18.4. The summed E-state index contributed by atoms with van der Waals surface area (Å²) in [7, 11) is 0. The molecule has 0 aromatic carbocycles. The first kappa shape index (κ1) is 28.1. The first-order chi connectivity index (χ1) is 14.0. The first-order valence-corrected chi connectivity index (χ1v) is 11.3. The van der Waals surface area contributed by atoms with Gasteiger partial charge in [-0.3, -0.25) is 4.79 Å². The molecule has 6 heteroatoms. The number of allylic oxidation sites excluding steroid dienone is 1. The van der Waals surface area contributed by atoms with E-state index in [-0.39, 0.29) is 18.7 Å². The number of unbranched alkanes of at least 4 members (excludes halogenated alkanes) is 8. The number of hydrogen-bond acceptors (Lipinski definition) is 6. The van der Waals surface area contributed by atoms with Crippen LogP contribution >= 0.6 is 0 Å². The highest BCUT2D eigenvalue weighted by atomic mass is 16.5. The van der Waals surface area contributed by atoms with Crippen molar-refractivity contribution >= 4 is 5.97 Å². The van der Waals surface area contributed by atoms with E-state index in [0.717, 1.165) is 57.8 Å². The first-order valence-electron chi connectivity index (χ1n) is 11.3. The van der Waals surface area contributed by atoms with E-state index in [4.69, 9.17) is 4.74 Å². The summed E-state index contributed by atoms with van der Waals surface area (Å²) in [5.74, 6) is -0.360. The quantitative estimate of drug-likeness (QED) is 0.137. The van der Waals surface area contributed by atoms with Crippen LogP contribution in [-0.4, -0.2) is 58.9 Å². The van der Waals surface area contributed by atoms with Crippen molar-refractivity contribution in [1.29, 1.82) is 0 Å². The molecule has 0 spiro atoms. The van der Waals surface area contributed by atoms with Crippen molar-refractivity contribution in [2.75, 3.05) is 26.4 Å². The highest BCUT2D eigenvalue weighted by molar-refractivity contribution is 5.69. The lowest BCUT2D eigenvalue weighted by Gasteiger charge is -2.26. The summed E-state index contributed by atoms with van der Waals surface area (Å²) in [5.41, 5.74) is -1.16. The van der Waals surface area contributed by atoms with Crippen molar-refractivity contribution in [2.45, 2.75) is 96.5 Å². The van der Waals surface area contributed by atoms with Gasteiger partial charge in [-0.1, -0.05) is 64.0 Å². The molecule has 4 N–H and O–H groups in total. The number of carbonyl (C=O) groups is 1. The number of aliphatic hydroxyl groups is 4. The van der Waals surface area contributed by atoms with Gasteiger partial charge in [0.05, 0.1) is 31.3 Å². The van der Waals surface area contributed by atoms with Gasteiger partial charge in [-0.05, 0) is 32.1 Å². The molecule has 0 aromatic heterocycles. The number of ether oxygens (including phenoxy) is 1. The molecule has 0 aliphatic rings. The van der Waals surface area contributed by atoms with Crippen LogP contribution in [0.3, 0.4) is 0 Å². The predicted octanol–water partition coefficient (Wildman–Crippen LogP) is 3.50. The second-order valence-corrected chi connectivity index (χ2v) is 8.15. The summed E-state index contributed by atoms with van der Waals surface area (Å²) < 4.78 is 5.06. The molecule has 6 nitrogen and oxygen atoms in total. The lowest BCUT2D eigenvalue weighted by molar-refractivity contribution is -0.151. The van der Waals surface area contributed by atoms with E-state index in [1.165, 1.54) is 19.3 Å². The Labute approximate surface area is 177 Å². The number of hydrogen-bond donors (Lipinski definition) is 4. The fraction of sp³-hybridized carbons (Fsp3) is 0.870. The molecule has 0 bridgehead atoms. The number of esters is 1. The van der Waals surface area contributed by atoms with Gasteiger partial charge in [-0.15, -0.1) is 0 Å². The molecule has 0 saturated heterocycles. The van der Waals surface area contributed by atoms with Crippen LogP contribution in [0, 0.1) is 5.41 Å². The van der Waals surface area contributed by atoms with Crippen LogP contribution in [0.2, 0.25) is 0 Å². The Kier molecular flexibility index (Phi) is 18.4. The average molecular weight is 417 g/mol. The monoisotopic (exact) mass is 416 g/mol. The van der Waals surface area contributed by atoms with Gasteiger partial charge in [0.25, 0.3) is 0 Å². The standard InChI is InChI=1S/C23H44O6/c1-2-3-4-11-14-21(27)15-12-9-7-5-6-8-10-13-16-22(28)29-20-23(17-24,18-25)19-26/h9,12,21,24-27H,2-8,10-11,13-20H2,1H3/b12-9-/t21-/m1/s1. The highest BCUT2D eigenvalue weighted by Crippen LogP contribution is 2.16. The summed E-state index contributed by atoms with van der Waals surface area (Å²) in [6, 6.07) is 0. The van der Waals surface area contributed by atoms with Crippen LogP contribution in [0.5, 0.6) is 0 Å². The van der Waals surface area contributed by atoms with Gasteiger partial charge in [0.1, 0.15) is 6.61 Å². The Morgan fingerprint density at radius 2 is 1.52 bits per heavy atom. The van der Waals surface area contributed by atoms with Crippen molar-refractivity contribution in [3.8, 4) is 0 Å². The Balaban J connectivity index is 3.55. The Hall–Kier alpha value is -0.950. The minimum absolute atomic E-state index is 0.172. The molecule has 0 fully saturated rings. The summed E-state index contributed by atoms with van der Waals surface area (Å²) in [6.45, 7) is 0.726. The number of carbonyl (C=O) groups excluding carboxylic acids is 1. The lowest BCUT2D eigenvalue weighted by atomic mass is 9.93. The smallest absolute Gasteiger partial charge is 0.305 e. The second-order valence-electron chi connectivity index (χ2n) is 8.15. The Morgan fingerprint density at radius 1 is 0.897 bits per heavy atom. The molecule has 0 unspecified atom stereocenters. The summed E-state index contributed by atoms with van der Waals surface area (Å²) in [5, 5.41) is 37.5. The number of aliphatic hydroxyl groups excluding tert-OH is 4. The Morgan fingerprint density at radius 3 is 2.17 bits per heavy atom. The van der Waals surface area contributed by atoms with E-state index in [9.17, 15) is 25.2 Å². The Bertz CT molecular complexity index is 398. The van der Waals surface area contributed by atoms with Crippen LogP contribution in [0.25, 0.3) is 0 Å². The summed E-state index contributed by atoms with van der Waals surface area (Å²) in [4.78, 5) is 11.7. The molecule has 0 amide bonds. The third-order valence-corrected chi connectivity index (χ3v) is 5.26. The van der Waals surface area contributed by atoms with Crippen LogP contribution < -0.4 is 0 Å². The summed E-state index contributed by atoms with van der Waals surface area (Å²) in [6.07, 6.45) is 16.8. The second kappa shape index (κ2) is 19.0. The topological polar surface area (TPSA) is 107 Å². The fourth-order valence-electron chi connectivity index (χ4n) is 2.95. The highest BCUT2D eigenvalue weighted by Gasteiger charge is 2.29. The predicted molar refractivity (Wildman–Crippen MR) is 115 cm³/mol. The van der Waals surface area contributed by atoms with Gasteiger partial charge in [-0.2, -0.15) is 0 Å². The maximum atomic E-state index is 11.7. The maximum absolute atomic E-state index is 11.7. The van der Waals surface area contributed by atoms with Gasteiger partial charge in [-0.25, -0.2) is 0 Å². The SMILES string of the molecule is CCCCCC[C@@H](O)C/C=C\CCCCCCCC(=O)OCC(CO)(CO)CO. The largest absolute Gasteiger partial charge is 0.465 e. The zero-order chi connectivity index (χ0) is 21.8. The van der Waals surface area contributed by atoms with Crippen LogP contribution in [-0.2, 0) is 9.53 Å². The minimum Gasteiger partial charge on any atom is -0.465 e. The fourth-order valence-corrected chi connectivity index (χ4v) is 2.95.